The molecule has 2 heterocycles. The Labute approximate surface area is 115 Å². The van der Waals surface area contributed by atoms with Gasteiger partial charge in [-0.3, -0.25) is 10.1 Å². The van der Waals surface area contributed by atoms with Crippen LogP contribution >= 0.6 is 11.3 Å². The van der Waals surface area contributed by atoms with Crippen molar-refractivity contribution in [3.63, 3.8) is 0 Å². The zero-order chi connectivity index (χ0) is 14.2. The summed E-state index contributed by atoms with van der Waals surface area (Å²) in [5.41, 5.74) is 0.0579. The van der Waals surface area contributed by atoms with Crippen LogP contribution in [-0.2, 0) is 4.74 Å². The first kappa shape index (κ1) is 14.2. The van der Waals surface area contributed by atoms with Crippen LogP contribution in [0.2, 0.25) is 0 Å². The van der Waals surface area contributed by atoms with Crippen molar-refractivity contribution in [2.45, 2.75) is 38.5 Å². The van der Waals surface area contributed by atoms with Crippen molar-refractivity contribution in [1.29, 1.82) is 0 Å². The predicted octanol–water partition coefficient (Wildman–Crippen LogP) is 2.32. The zero-order valence-electron chi connectivity index (χ0n) is 11.2. The molecule has 1 aromatic heterocycles. The molecule has 0 bridgehead atoms. The molecule has 6 nitrogen and oxygen atoms in total. The highest BCUT2D eigenvalue weighted by Crippen LogP contribution is 2.41. The van der Waals surface area contributed by atoms with Crippen molar-refractivity contribution in [3.05, 3.63) is 21.1 Å². The number of anilines is 1. The summed E-state index contributed by atoms with van der Waals surface area (Å²) < 4.78 is 5.51. The van der Waals surface area contributed by atoms with Crippen molar-refractivity contribution in [2.75, 3.05) is 18.6 Å². The minimum absolute atomic E-state index is 0.0571. The standard InChI is InChI=1S/C12H18N2O4S/c1-7(15)11-6-10(14(16)17)12(19-11)13(3)9-4-5-18-8(9)2/h6-9,15H,4-5H2,1-3H3/t7-,8?,9?/m1/s1. The summed E-state index contributed by atoms with van der Waals surface area (Å²) in [5.74, 6) is 0. The number of likely N-dealkylation sites (N-methyl/N-ethyl adjacent to an activating group) is 1. The van der Waals surface area contributed by atoms with E-state index in [0.29, 0.717) is 16.5 Å². The van der Waals surface area contributed by atoms with E-state index in [1.165, 1.54) is 17.4 Å². The molecule has 0 aromatic carbocycles. The summed E-state index contributed by atoms with van der Waals surface area (Å²) >= 11 is 1.27. The Balaban J connectivity index is 2.34. The molecular weight excluding hydrogens is 268 g/mol. The fraction of sp³-hybridized carbons (Fsp3) is 0.667. The smallest absolute Gasteiger partial charge is 0.304 e. The van der Waals surface area contributed by atoms with Crippen LogP contribution in [0.25, 0.3) is 0 Å². The maximum atomic E-state index is 11.1. The summed E-state index contributed by atoms with van der Waals surface area (Å²) in [7, 11) is 1.85. The first-order valence-corrected chi connectivity index (χ1v) is 7.04. The Hall–Kier alpha value is -1.18. The molecule has 0 amide bonds. The molecule has 0 saturated carbocycles. The second-order valence-electron chi connectivity index (χ2n) is 4.82. The Morgan fingerprint density at radius 3 is 2.84 bits per heavy atom. The van der Waals surface area contributed by atoms with Crippen molar-refractivity contribution >= 4 is 22.0 Å². The van der Waals surface area contributed by atoms with Gasteiger partial charge in [0, 0.05) is 24.6 Å². The van der Waals surface area contributed by atoms with Gasteiger partial charge in [-0.15, -0.1) is 11.3 Å². The van der Waals surface area contributed by atoms with E-state index in [4.69, 9.17) is 4.74 Å². The van der Waals surface area contributed by atoms with Crippen LogP contribution in [0.3, 0.4) is 0 Å². The first-order valence-electron chi connectivity index (χ1n) is 6.22. The summed E-state index contributed by atoms with van der Waals surface area (Å²) in [6.07, 6.45) is 0.223. The second kappa shape index (κ2) is 5.44. The summed E-state index contributed by atoms with van der Waals surface area (Å²) in [4.78, 5) is 13.3. The van der Waals surface area contributed by atoms with Crippen LogP contribution in [-0.4, -0.2) is 35.8 Å². The molecule has 3 atom stereocenters. The molecule has 0 radical (unpaired) electrons. The molecular formula is C12H18N2O4S. The Morgan fingerprint density at radius 1 is 1.68 bits per heavy atom. The van der Waals surface area contributed by atoms with E-state index >= 15 is 0 Å². The minimum Gasteiger partial charge on any atom is -0.388 e. The van der Waals surface area contributed by atoms with Gasteiger partial charge in [-0.1, -0.05) is 0 Å². The summed E-state index contributed by atoms with van der Waals surface area (Å²) in [5, 5.41) is 21.3. The summed E-state index contributed by atoms with van der Waals surface area (Å²) in [6.45, 7) is 4.27. The third-order valence-corrected chi connectivity index (χ3v) is 4.86. The lowest BCUT2D eigenvalue weighted by molar-refractivity contribution is -0.383. The van der Waals surface area contributed by atoms with Crippen LogP contribution < -0.4 is 4.90 Å². The van der Waals surface area contributed by atoms with Gasteiger partial charge in [-0.25, -0.2) is 0 Å². The number of aliphatic hydroxyl groups is 1. The van der Waals surface area contributed by atoms with Crippen LogP contribution in [0.5, 0.6) is 0 Å². The predicted molar refractivity (Wildman–Crippen MR) is 73.8 cm³/mol. The monoisotopic (exact) mass is 286 g/mol. The zero-order valence-corrected chi connectivity index (χ0v) is 12.0. The molecule has 19 heavy (non-hydrogen) atoms. The van der Waals surface area contributed by atoms with E-state index in [9.17, 15) is 15.2 Å². The van der Waals surface area contributed by atoms with Crippen molar-refractivity contribution < 1.29 is 14.8 Å². The van der Waals surface area contributed by atoms with Crippen LogP contribution in [0.1, 0.15) is 31.2 Å². The number of aliphatic hydroxyl groups excluding tert-OH is 1. The largest absolute Gasteiger partial charge is 0.388 e. The van der Waals surface area contributed by atoms with E-state index < -0.39 is 11.0 Å². The fourth-order valence-electron chi connectivity index (χ4n) is 2.36. The number of nitrogens with zero attached hydrogens (tertiary/aromatic N) is 2. The van der Waals surface area contributed by atoms with Gasteiger partial charge in [-0.2, -0.15) is 0 Å². The van der Waals surface area contributed by atoms with Crippen LogP contribution in [0, 0.1) is 10.1 Å². The molecule has 2 unspecified atom stereocenters. The van der Waals surface area contributed by atoms with E-state index in [1.807, 2.05) is 18.9 Å². The molecule has 7 heteroatoms. The van der Waals surface area contributed by atoms with Crippen molar-refractivity contribution in [1.82, 2.24) is 0 Å². The van der Waals surface area contributed by atoms with Crippen molar-refractivity contribution in [2.24, 2.45) is 0 Å². The Bertz CT molecular complexity index is 474. The number of hydrogen-bond acceptors (Lipinski definition) is 6. The third kappa shape index (κ3) is 2.72. The van der Waals surface area contributed by atoms with Gasteiger partial charge in [0.05, 0.1) is 23.2 Å². The molecule has 0 aliphatic carbocycles. The highest BCUT2D eigenvalue weighted by atomic mass is 32.1. The quantitative estimate of drug-likeness (QED) is 0.679. The van der Waals surface area contributed by atoms with Gasteiger partial charge < -0.3 is 14.7 Å². The maximum absolute atomic E-state index is 11.1. The second-order valence-corrected chi connectivity index (χ2v) is 5.88. The van der Waals surface area contributed by atoms with Gasteiger partial charge in [0.2, 0.25) is 0 Å². The third-order valence-electron chi connectivity index (χ3n) is 3.48. The molecule has 0 spiro atoms. The van der Waals surface area contributed by atoms with Gasteiger partial charge in [0.1, 0.15) is 0 Å². The SMILES string of the molecule is CC1OCCC1N(C)c1sc([C@@H](C)O)cc1[N+](=O)[O-]. The minimum atomic E-state index is -0.692. The number of thiophene rings is 1. The fourth-order valence-corrected chi connectivity index (χ4v) is 3.44. The molecule has 1 aliphatic rings. The average molecular weight is 286 g/mol. The molecule has 106 valence electrons. The molecule has 1 fully saturated rings. The van der Waals surface area contributed by atoms with Gasteiger partial charge in [0.25, 0.3) is 0 Å². The Kier molecular flexibility index (Phi) is 4.07. The maximum Gasteiger partial charge on any atom is 0.304 e. The molecule has 1 aliphatic heterocycles. The number of nitro groups is 1. The lowest BCUT2D eigenvalue weighted by atomic mass is 10.1. The van der Waals surface area contributed by atoms with E-state index in [1.54, 1.807) is 6.92 Å². The lowest BCUT2D eigenvalue weighted by Crippen LogP contribution is -2.36. The normalized spacial score (nSPS) is 24.4. The number of rotatable bonds is 4. The van der Waals surface area contributed by atoms with Crippen LogP contribution in [0.4, 0.5) is 10.7 Å². The highest BCUT2D eigenvalue weighted by molar-refractivity contribution is 7.16. The van der Waals surface area contributed by atoms with E-state index in [-0.39, 0.29) is 17.8 Å². The van der Waals surface area contributed by atoms with Gasteiger partial charge >= 0.3 is 5.69 Å². The number of ether oxygens (including phenoxy) is 1. The molecule has 1 N–H and O–H groups in total. The molecule has 1 aromatic rings. The highest BCUT2D eigenvalue weighted by Gasteiger charge is 2.33. The summed E-state index contributed by atoms with van der Waals surface area (Å²) in [6, 6.07) is 1.60. The lowest BCUT2D eigenvalue weighted by Gasteiger charge is -2.26. The van der Waals surface area contributed by atoms with Gasteiger partial charge in [-0.05, 0) is 20.3 Å². The van der Waals surface area contributed by atoms with Crippen molar-refractivity contribution in [3.8, 4) is 0 Å². The first-order chi connectivity index (χ1) is 8.91. The van der Waals surface area contributed by atoms with Gasteiger partial charge in [0.15, 0.2) is 5.00 Å². The molecule has 1 saturated heterocycles. The van der Waals surface area contributed by atoms with E-state index in [0.717, 1.165) is 6.42 Å². The molecule has 2 rings (SSSR count). The number of hydrogen-bond donors (Lipinski definition) is 1. The Morgan fingerprint density at radius 2 is 2.37 bits per heavy atom. The van der Waals surface area contributed by atoms with Crippen LogP contribution in [0.15, 0.2) is 6.07 Å². The average Bonchev–Trinajstić information content (AvgIpc) is 2.93. The van der Waals surface area contributed by atoms with E-state index in [2.05, 4.69) is 0 Å². The topological polar surface area (TPSA) is 75.8 Å².